The molecular formula is C15H10Cl2N2O. The minimum atomic E-state index is -0.304. The Morgan fingerprint density at radius 2 is 1.90 bits per heavy atom. The van der Waals surface area contributed by atoms with Gasteiger partial charge in [0.05, 0.1) is 21.7 Å². The van der Waals surface area contributed by atoms with E-state index in [0.717, 1.165) is 5.56 Å². The Bertz CT molecular complexity index is 720. The van der Waals surface area contributed by atoms with Gasteiger partial charge < -0.3 is 5.32 Å². The Balaban J connectivity index is 2.28. The summed E-state index contributed by atoms with van der Waals surface area (Å²) in [5.74, 6) is -0.304. The van der Waals surface area contributed by atoms with E-state index in [1.807, 2.05) is 13.0 Å². The zero-order valence-corrected chi connectivity index (χ0v) is 12.1. The number of aryl methyl sites for hydroxylation is 1. The summed E-state index contributed by atoms with van der Waals surface area (Å²) in [5, 5.41) is 12.3. The first-order valence-electron chi connectivity index (χ1n) is 5.78. The summed E-state index contributed by atoms with van der Waals surface area (Å²) in [6.07, 6.45) is 0. The van der Waals surface area contributed by atoms with E-state index in [4.69, 9.17) is 28.5 Å². The summed E-state index contributed by atoms with van der Waals surface area (Å²) in [4.78, 5) is 12.1. The number of amides is 1. The first-order chi connectivity index (χ1) is 9.51. The van der Waals surface area contributed by atoms with Gasteiger partial charge >= 0.3 is 0 Å². The molecular weight excluding hydrogens is 295 g/mol. The lowest BCUT2D eigenvalue weighted by Gasteiger charge is -2.09. The van der Waals surface area contributed by atoms with Crippen LogP contribution in [0.1, 0.15) is 21.5 Å². The zero-order valence-electron chi connectivity index (χ0n) is 10.6. The third kappa shape index (κ3) is 3.11. The summed E-state index contributed by atoms with van der Waals surface area (Å²) >= 11 is 11.7. The van der Waals surface area contributed by atoms with Crippen LogP contribution in [-0.4, -0.2) is 5.91 Å². The van der Waals surface area contributed by atoms with Gasteiger partial charge in [0.2, 0.25) is 0 Å². The molecule has 100 valence electrons. The predicted octanol–water partition coefficient (Wildman–Crippen LogP) is 4.43. The van der Waals surface area contributed by atoms with Crippen molar-refractivity contribution in [3.05, 3.63) is 63.1 Å². The second-order valence-corrected chi connectivity index (χ2v) is 5.04. The van der Waals surface area contributed by atoms with Crippen LogP contribution >= 0.6 is 23.2 Å². The van der Waals surface area contributed by atoms with E-state index in [0.29, 0.717) is 26.9 Å². The first-order valence-corrected chi connectivity index (χ1v) is 6.54. The number of anilines is 1. The molecule has 0 saturated heterocycles. The molecule has 0 aromatic heterocycles. The molecule has 2 aromatic rings. The van der Waals surface area contributed by atoms with Gasteiger partial charge in [0.1, 0.15) is 0 Å². The second kappa shape index (κ2) is 5.96. The molecule has 3 nitrogen and oxygen atoms in total. The third-order valence-corrected chi connectivity index (χ3v) is 3.54. The number of rotatable bonds is 2. The molecule has 5 heteroatoms. The van der Waals surface area contributed by atoms with Crippen molar-refractivity contribution >= 4 is 34.8 Å². The number of hydrogen-bond donors (Lipinski definition) is 1. The Morgan fingerprint density at radius 3 is 2.55 bits per heavy atom. The molecule has 0 radical (unpaired) electrons. The number of nitriles is 1. The van der Waals surface area contributed by atoms with Crippen LogP contribution in [0.2, 0.25) is 10.0 Å². The predicted molar refractivity (Wildman–Crippen MR) is 80.3 cm³/mol. The Labute approximate surface area is 126 Å². The summed E-state index contributed by atoms with van der Waals surface area (Å²) in [7, 11) is 0. The first kappa shape index (κ1) is 14.4. The highest BCUT2D eigenvalue weighted by Crippen LogP contribution is 2.24. The highest BCUT2D eigenvalue weighted by molar-refractivity contribution is 6.42. The molecule has 1 amide bonds. The monoisotopic (exact) mass is 304 g/mol. The smallest absolute Gasteiger partial charge is 0.255 e. The summed E-state index contributed by atoms with van der Waals surface area (Å²) in [6, 6.07) is 11.8. The minimum Gasteiger partial charge on any atom is -0.322 e. The number of hydrogen-bond acceptors (Lipinski definition) is 2. The van der Waals surface area contributed by atoms with E-state index < -0.39 is 0 Å². The largest absolute Gasteiger partial charge is 0.322 e. The van der Waals surface area contributed by atoms with Crippen molar-refractivity contribution in [1.29, 1.82) is 5.26 Å². The van der Waals surface area contributed by atoms with Crippen LogP contribution in [0.15, 0.2) is 36.4 Å². The molecule has 0 unspecified atom stereocenters. The van der Waals surface area contributed by atoms with Crippen molar-refractivity contribution in [3.8, 4) is 6.07 Å². The minimum absolute atomic E-state index is 0.304. The Hall–Kier alpha value is -2.02. The maximum absolute atomic E-state index is 12.1. The quantitative estimate of drug-likeness (QED) is 0.892. The molecule has 20 heavy (non-hydrogen) atoms. The average molecular weight is 305 g/mol. The lowest BCUT2D eigenvalue weighted by Crippen LogP contribution is -2.12. The Kier molecular flexibility index (Phi) is 4.29. The van der Waals surface area contributed by atoms with Crippen LogP contribution in [0.25, 0.3) is 0 Å². The Morgan fingerprint density at radius 1 is 1.15 bits per heavy atom. The van der Waals surface area contributed by atoms with Gasteiger partial charge in [-0.05, 0) is 42.8 Å². The molecule has 0 saturated carbocycles. The van der Waals surface area contributed by atoms with Gasteiger partial charge in [-0.15, -0.1) is 0 Å². The van der Waals surface area contributed by atoms with Crippen molar-refractivity contribution in [2.75, 3.05) is 5.32 Å². The number of benzene rings is 2. The molecule has 0 aliphatic carbocycles. The molecule has 2 rings (SSSR count). The molecule has 0 atom stereocenters. The molecule has 0 bridgehead atoms. The summed E-state index contributed by atoms with van der Waals surface area (Å²) in [5.41, 5.74) is 2.36. The number of nitrogens with one attached hydrogen (secondary N) is 1. The van der Waals surface area contributed by atoms with Gasteiger partial charge in [-0.25, -0.2) is 0 Å². The fourth-order valence-electron chi connectivity index (χ4n) is 1.66. The standard InChI is InChI=1S/C15H10Cl2N2O/c1-9-2-3-10(8-18)6-14(9)19-15(20)11-4-5-12(16)13(17)7-11/h2-7H,1H3,(H,19,20). The number of nitrogens with zero attached hydrogens (tertiary/aromatic N) is 1. The second-order valence-electron chi connectivity index (χ2n) is 4.22. The van der Waals surface area contributed by atoms with Crippen LogP contribution in [0, 0.1) is 18.3 Å². The van der Waals surface area contributed by atoms with Crippen LogP contribution in [0.3, 0.4) is 0 Å². The molecule has 1 N–H and O–H groups in total. The van der Waals surface area contributed by atoms with Gasteiger partial charge in [-0.2, -0.15) is 5.26 Å². The van der Waals surface area contributed by atoms with E-state index in [-0.39, 0.29) is 5.91 Å². The molecule has 2 aromatic carbocycles. The summed E-state index contributed by atoms with van der Waals surface area (Å²) < 4.78 is 0. The molecule has 0 aliphatic rings. The van der Waals surface area contributed by atoms with Crippen LogP contribution in [0.4, 0.5) is 5.69 Å². The maximum atomic E-state index is 12.1. The fourth-order valence-corrected chi connectivity index (χ4v) is 1.96. The van der Waals surface area contributed by atoms with E-state index in [1.54, 1.807) is 30.3 Å². The van der Waals surface area contributed by atoms with Crippen LogP contribution in [-0.2, 0) is 0 Å². The highest BCUT2D eigenvalue weighted by atomic mass is 35.5. The number of halogens is 2. The van der Waals surface area contributed by atoms with E-state index >= 15 is 0 Å². The third-order valence-electron chi connectivity index (χ3n) is 2.80. The van der Waals surface area contributed by atoms with Crippen molar-refractivity contribution in [3.63, 3.8) is 0 Å². The van der Waals surface area contributed by atoms with E-state index in [9.17, 15) is 4.79 Å². The maximum Gasteiger partial charge on any atom is 0.255 e. The van der Waals surface area contributed by atoms with Gasteiger partial charge in [0.15, 0.2) is 0 Å². The van der Waals surface area contributed by atoms with Crippen molar-refractivity contribution < 1.29 is 4.79 Å². The number of carbonyl (C=O) groups is 1. The lowest BCUT2D eigenvalue weighted by molar-refractivity contribution is 0.102. The highest BCUT2D eigenvalue weighted by Gasteiger charge is 2.10. The fraction of sp³-hybridized carbons (Fsp3) is 0.0667. The SMILES string of the molecule is Cc1ccc(C#N)cc1NC(=O)c1ccc(Cl)c(Cl)c1. The molecule has 0 fully saturated rings. The van der Waals surface area contributed by atoms with Crippen molar-refractivity contribution in [2.24, 2.45) is 0 Å². The van der Waals surface area contributed by atoms with Gasteiger partial charge in [-0.1, -0.05) is 29.3 Å². The van der Waals surface area contributed by atoms with Crippen molar-refractivity contribution in [1.82, 2.24) is 0 Å². The number of carbonyl (C=O) groups excluding carboxylic acids is 1. The van der Waals surface area contributed by atoms with Gasteiger partial charge in [-0.3, -0.25) is 4.79 Å². The normalized spacial score (nSPS) is 9.90. The zero-order chi connectivity index (χ0) is 14.7. The van der Waals surface area contributed by atoms with E-state index in [1.165, 1.54) is 6.07 Å². The lowest BCUT2D eigenvalue weighted by atomic mass is 10.1. The molecule has 0 heterocycles. The summed E-state index contributed by atoms with van der Waals surface area (Å²) in [6.45, 7) is 1.85. The van der Waals surface area contributed by atoms with Gasteiger partial charge in [0.25, 0.3) is 5.91 Å². The van der Waals surface area contributed by atoms with Crippen molar-refractivity contribution in [2.45, 2.75) is 6.92 Å². The van der Waals surface area contributed by atoms with Crippen LogP contribution < -0.4 is 5.32 Å². The topological polar surface area (TPSA) is 52.9 Å². The van der Waals surface area contributed by atoms with Gasteiger partial charge in [0, 0.05) is 11.3 Å². The molecule has 0 aliphatic heterocycles. The van der Waals surface area contributed by atoms with Crippen LogP contribution in [0.5, 0.6) is 0 Å². The van der Waals surface area contributed by atoms with E-state index in [2.05, 4.69) is 5.32 Å². The average Bonchev–Trinajstić information content (AvgIpc) is 2.44. The molecule has 0 spiro atoms.